The molecular formula is C20H23NO5. The number of rotatable bonds is 8. The molecule has 138 valence electrons. The number of carboxylic acids is 1. The highest BCUT2D eigenvalue weighted by molar-refractivity contribution is 5.70. The third kappa shape index (κ3) is 4.08. The molecule has 1 aliphatic rings. The molecule has 0 unspecified atom stereocenters. The van der Waals surface area contributed by atoms with Crippen LogP contribution in [0.4, 0.5) is 0 Å². The van der Waals surface area contributed by atoms with Gasteiger partial charge in [-0.3, -0.25) is 4.90 Å². The van der Waals surface area contributed by atoms with Gasteiger partial charge in [0.05, 0.1) is 0 Å². The summed E-state index contributed by atoms with van der Waals surface area (Å²) in [4.78, 5) is 13.1. The van der Waals surface area contributed by atoms with E-state index in [4.69, 9.17) is 19.3 Å². The fourth-order valence-electron chi connectivity index (χ4n) is 2.93. The molecular weight excluding hydrogens is 334 g/mol. The zero-order valence-corrected chi connectivity index (χ0v) is 15.0. The lowest BCUT2D eigenvalue weighted by Gasteiger charge is -2.20. The van der Waals surface area contributed by atoms with Gasteiger partial charge in [0.1, 0.15) is 5.75 Å². The molecule has 0 radical (unpaired) electrons. The Morgan fingerprint density at radius 3 is 2.50 bits per heavy atom. The van der Waals surface area contributed by atoms with Gasteiger partial charge in [-0.1, -0.05) is 26.0 Å². The summed E-state index contributed by atoms with van der Waals surface area (Å²) in [5.74, 6) is 1.10. The summed E-state index contributed by atoms with van der Waals surface area (Å²) in [5.41, 5.74) is 3.00. The highest BCUT2D eigenvalue weighted by Crippen LogP contribution is 2.37. The van der Waals surface area contributed by atoms with Crippen LogP contribution >= 0.6 is 0 Å². The molecule has 2 aromatic rings. The molecule has 1 aliphatic heterocycles. The fraction of sp³-hybridized carbons (Fsp3) is 0.350. The number of carboxylic acid groups (broad SMARTS) is 1. The normalized spacial score (nSPS) is 12.4. The van der Waals surface area contributed by atoms with E-state index >= 15 is 0 Å². The standard InChI is InChI=1S/C20H23NO5/c1-3-21(4-2)11-16-9-14(5-7-17(16)24-12-20(22)23)15-6-8-18-19(10-15)26-13-25-18/h5-10H,3-4,11-13H2,1-2H3,(H,22,23). The highest BCUT2D eigenvalue weighted by atomic mass is 16.7. The maximum absolute atomic E-state index is 10.9. The number of benzene rings is 2. The van der Waals surface area contributed by atoms with E-state index in [9.17, 15) is 4.79 Å². The lowest BCUT2D eigenvalue weighted by molar-refractivity contribution is -0.139. The number of nitrogens with zero attached hydrogens (tertiary/aromatic N) is 1. The predicted molar refractivity (Wildman–Crippen MR) is 97.8 cm³/mol. The monoisotopic (exact) mass is 357 g/mol. The fourth-order valence-corrected chi connectivity index (χ4v) is 2.93. The second-order valence-corrected chi connectivity index (χ2v) is 6.03. The van der Waals surface area contributed by atoms with E-state index in [1.165, 1.54) is 0 Å². The minimum atomic E-state index is -0.987. The van der Waals surface area contributed by atoms with Crippen LogP contribution in [0.25, 0.3) is 11.1 Å². The Hall–Kier alpha value is -2.73. The van der Waals surface area contributed by atoms with E-state index in [-0.39, 0.29) is 13.4 Å². The molecule has 0 atom stereocenters. The number of fused-ring (bicyclic) bond motifs is 1. The third-order valence-corrected chi connectivity index (χ3v) is 4.41. The van der Waals surface area contributed by atoms with Crippen LogP contribution < -0.4 is 14.2 Å². The van der Waals surface area contributed by atoms with Gasteiger partial charge >= 0.3 is 5.97 Å². The van der Waals surface area contributed by atoms with Gasteiger partial charge in [0.25, 0.3) is 0 Å². The minimum Gasteiger partial charge on any atom is -0.482 e. The van der Waals surface area contributed by atoms with Crippen molar-refractivity contribution in [3.05, 3.63) is 42.0 Å². The molecule has 3 rings (SSSR count). The second-order valence-electron chi connectivity index (χ2n) is 6.03. The van der Waals surface area contributed by atoms with Crippen LogP contribution in [-0.4, -0.2) is 42.5 Å². The molecule has 6 heteroatoms. The topological polar surface area (TPSA) is 68.2 Å². The van der Waals surface area contributed by atoms with E-state index < -0.39 is 5.97 Å². The third-order valence-electron chi connectivity index (χ3n) is 4.41. The molecule has 0 saturated heterocycles. The molecule has 6 nitrogen and oxygen atoms in total. The summed E-state index contributed by atoms with van der Waals surface area (Å²) in [6.45, 7) is 6.60. The molecule has 0 saturated carbocycles. The van der Waals surface area contributed by atoms with Crippen molar-refractivity contribution in [3.8, 4) is 28.4 Å². The Kier molecular flexibility index (Phi) is 5.63. The van der Waals surface area contributed by atoms with Crippen LogP contribution in [0.15, 0.2) is 36.4 Å². The van der Waals surface area contributed by atoms with Gasteiger partial charge in [0, 0.05) is 12.1 Å². The van der Waals surface area contributed by atoms with Crippen molar-refractivity contribution >= 4 is 5.97 Å². The molecule has 26 heavy (non-hydrogen) atoms. The van der Waals surface area contributed by atoms with Crippen LogP contribution in [0.1, 0.15) is 19.4 Å². The summed E-state index contributed by atoms with van der Waals surface area (Å²) in [7, 11) is 0. The predicted octanol–water partition coefficient (Wildman–Crippen LogP) is 3.39. The molecule has 0 fully saturated rings. The number of hydrogen-bond donors (Lipinski definition) is 1. The minimum absolute atomic E-state index is 0.244. The van der Waals surface area contributed by atoms with E-state index in [1.54, 1.807) is 0 Å². The molecule has 0 amide bonds. The number of carbonyl (C=O) groups is 1. The average Bonchev–Trinajstić information content (AvgIpc) is 3.12. The molecule has 1 N–H and O–H groups in total. The van der Waals surface area contributed by atoms with Gasteiger partial charge in [-0.15, -0.1) is 0 Å². The van der Waals surface area contributed by atoms with E-state index in [1.807, 2.05) is 36.4 Å². The second kappa shape index (κ2) is 8.10. The van der Waals surface area contributed by atoms with Gasteiger partial charge in [0.15, 0.2) is 18.1 Å². The van der Waals surface area contributed by atoms with Crippen molar-refractivity contribution in [1.29, 1.82) is 0 Å². The van der Waals surface area contributed by atoms with Crippen molar-refractivity contribution in [3.63, 3.8) is 0 Å². The summed E-state index contributed by atoms with van der Waals surface area (Å²) in [6.07, 6.45) is 0. The molecule has 0 bridgehead atoms. The smallest absolute Gasteiger partial charge is 0.341 e. The molecule has 2 aromatic carbocycles. The first-order chi connectivity index (χ1) is 12.6. The molecule has 0 spiro atoms. The summed E-state index contributed by atoms with van der Waals surface area (Å²) >= 11 is 0. The highest BCUT2D eigenvalue weighted by Gasteiger charge is 2.16. The van der Waals surface area contributed by atoms with Crippen molar-refractivity contribution in [2.75, 3.05) is 26.5 Å². The molecule has 0 aromatic heterocycles. The SMILES string of the molecule is CCN(CC)Cc1cc(-c2ccc3c(c2)OCO3)ccc1OCC(=O)O. The Bertz CT molecular complexity index is 786. The largest absolute Gasteiger partial charge is 0.482 e. The molecule has 1 heterocycles. The van der Waals surface area contributed by atoms with E-state index in [0.717, 1.165) is 41.3 Å². The average molecular weight is 357 g/mol. The van der Waals surface area contributed by atoms with Crippen molar-refractivity contribution < 1.29 is 24.1 Å². The van der Waals surface area contributed by atoms with E-state index in [2.05, 4.69) is 18.7 Å². The summed E-state index contributed by atoms with van der Waals surface area (Å²) < 4.78 is 16.3. The van der Waals surface area contributed by atoms with Crippen LogP contribution in [-0.2, 0) is 11.3 Å². The van der Waals surface area contributed by atoms with Crippen LogP contribution in [0, 0.1) is 0 Å². The van der Waals surface area contributed by atoms with Crippen LogP contribution in [0.2, 0.25) is 0 Å². The zero-order chi connectivity index (χ0) is 18.5. The summed E-state index contributed by atoms with van der Waals surface area (Å²) in [5, 5.41) is 8.90. The Balaban J connectivity index is 1.92. The summed E-state index contributed by atoms with van der Waals surface area (Å²) in [6, 6.07) is 11.7. The maximum Gasteiger partial charge on any atom is 0.341 e. The van der Waals surface area contributed by atoms with Crippen molar-refractivity contribution in [1.82, 2.24) is 4.90 Å². The first-order valence-corrected chi connectivity index (χ1v) is 8.70. The van der Waals surface area contributed by atoms with Gasteiger partial charge in [-0.25, -0.2) is 4.79 Å². The van der Waals surface area contributed by atoms with Gasteiger partial charge in [0.2, 0.25) is 6.79 Å². The quantitative estimate of drug-likeness (QED) is 0.781. The molecule has 0 aliphatic carbocycles. The lowest BCUT2D eigenvalue weighted by atomic mass is 10.0. The van der Waals surface area contributed by atoms with Gasteiger partial charge in [-0.2, -0.15) is 0 Å². The van der Waals surface area contributed by atoms with Gasteiger partial charge in [-0.05, 0) is 48.5 Å². The van der Waals surface area contributed by atoms with E-state index in [0.29, 0.717) is 12.3 Å². The number of aliphatic carboxylic acids is 1. The maximum atomic E-state index is 10.9. The van der Waals surface area contributed by atoms with Crippen LogP contribution in [0.5, 0.6) is 17.2 Å². The van der Waals surface area contributed by atoms with Crippen molar-refractivity contribution in [2.45, 2.75) is 20.4 Å². The Morgan fingerprint density at radius 1 is 1.08 bits per heavy atom. The first-order valence-electron chi connectivity index (χ1n) is 8.70. The Labute approximate surface area is 152 Å². The first kappa shape index (κ1) is 18.1. The number of ether oxygens (including phenoxy) is 3. The van der Waals surface area contributed by atoms with Crippen molar-refractivity contribution in [2.24, 2.45) is 0 Å². The number of hydrogen-bond acceptors (Lipinski definition) is 5. The van der Waals surface area contributed by atoms with Crippen LogP contribution in [0.3, 0.4) is 0 Å². The lowest BCUT2D eigenvalue weighted by Crippen LogP contribution is -2.23. The zero-order valence-electron chi connectivity index (χ0n) is 15.0. The Morgan fingerprint density at radius 2 is 1.77 bits per heavy atom. The van der Waals surface area contributed by atoms with Gasteiger partial charge < -0.3 is 19.3 Å².